The Morgan fingerprint density at radius 2 is 1.91 bits per heavy atom. The van der Waals surface area contributed by atoms with Crippen molar-refractivity contribution in [2.75, 3.05) is 26.2 Å². The summed E-state index contributed by atoms with van der Waals surface area (Å²) in [5.41, 5.74) is 0.939. The standard InChI is InChI=1S/C18H27IN2O2/c1-14-13-21(17(22)23-18(2,3)4)12-11-20(14)10-9-15-5-7-16(19)8-6-15/h5-8,14H,9-13H2,1-4H3/t14-/m1/s1. The molecule has 0 aromatic heterocycles. The van der Waals surface area contributed by atoms with Crippen LogP contribution in [0.15, 0.2) is 24.3 Å². The average Bonchev–Trinajstić information content (AvgIpc) is 2.46. The maximum absolute atomic E-state index is 12.2. The van der Waals surface area contributed by atoms with Gasteiger partial charge in [-0.05, 0) is 74.4 Å². The Morgan fingerprint density at radius 1 is 1.26 bits per heavy atom. The molecule has 1 fully saturated rings. The summed E-state index contributed by atoms with van der Waals surface area (Å²) in [5.74, 6) is 0. The third kappa shape index (κ3) is 5.95. The van der Waals surface area contributed by atoms with Crippen LogP contribution in [-0.2, 0) is 11.2 Å². The van der Waals surface area contributed by atoms with E-state index in [1.807, 2.05) is 25.7 Å². The Hall–Kier alpha value is -0.820. The van der Waals surface area contributed by atoms with Gasteiger partial charge in [-0.2, -0.15) is 0 Å². The number of benzene rings is 1. The van der Waals surface area contributed by atoms with E-state index in [1.165, 1.54) is 9.13 Å². The zero-order valence-corrected chi connectivity index (χ0v) is 16.7. The van der Waals surface area contributed by atoms with Crippen LogP contribution < -0.4 is 0 Å². The lowest BCUT2D eigenvalue weighted by molar-refractivity contribution is 0.00598. The molecule has 1 aliphatic heterocycles. The second-order valence-electron chi connectivity index (χ2n) is 7.19. The van der Waals surface area contributed by atoms with Crippen molar-refractivity contribution in [1.29, 1.82) is 0 Å². The summed E-state index contributed by atoms with van der Waals surface area (Å²) in [4.78, 5) is 16.4. The summed E-state index contributed by atoms with van der Waals surface area (Å²) in [6.45, 7) is 11.3. The Morgan fingerprint density at radius 3 is 2.48 bits per heavy atom. The normalized spacial score (nSPS) is 19.7. The van der Waals surface area contributed by atoms with E-state index >= 15 is 0 Å². The fourth-order valence-electron chi connectivity index (χ4n) is 2.74. The van der Waals surface area contributed by atoms with Crippen molar-refractivity contribution < 1.29 is 9.53 Å². The predicted molar refractivity (Wildman–Crippen MR) is 102 cm³/mol. The molecule has 2 rings (SSSR count). The van der Waals surface area contributed by atoms with Crippen molar-refractivity contribution in [3.8, 4) is 0 Å². The summed E-state index contributed by atoms with van der Waals surface area (Å²) in [5, 5.41) is 0. The molecule has 4 nitrogen and oxygen atoms in total. The van der Waals surface area contributed by atoms with Crippen LogP contribution in [-0.4, -0.2) is 53.7 Å². The molecule has 0 spiro atoms. The lowest BCUT2D eigenvalue weighted by Gasteiger charge is -2.40. The van der Waals surface area contributed by atoms with Gasteiger partial charge in [-0.1, -0.05) is 12.1 Å². The molecule has 1 heterocycles. The summed E-state index contributed by atoms with van der Waals surface area (Å²) in [6.07, 6.45) is 0.856. The summed E-state index contributed by atoms with van der Waals surface area (Å²) in [7, 11) is 0. The lowest BCUT2D eigenvalue weighted by atomic mass is 10.1. The number of hydrogen-bond donors (Lipinski definition) is 0. The molecule has 1 aliphatic rings. The molecular weight excluding hydrogens is 403 g/mol. The molecule has 1 atom stereocenters. The van der Waals surface area contributed by atoms with Gasteiger partial charge in [-0.25, -0.2) is 4.79 Å². The molecule has 23 heavy (non-hydrogen) atoms. The van der Waals surface area contributed by atoms with E-state index in [0.717, 1.165) is 32.6 Å². The molecule has 0 aliphatic carbocycles. The smallest absolute Gasteiger partial charge is 0.410 e. The molecule has 128 valence electrons. The Bertz CT molecular complexity index is 525. The first-order valence-electron chi connectivity index (χ1n) is 8.21. The highest BCUT2D eigenvalue weighted by Gasteiger charge is 2.29. The number of rotatable bonds is 3. The van der Waals surface area contributed by atoms with E-state index in [4.69, 9.17) is 4.74 Å². The molecule has 0 radical (unpaired) electrons. The molecule has 1 aromatic rings. The first-order valence-corrected chi connectivity index (χ1v) is 9.29. The van der Waals surface area contributed by atoms with Gasteiger partial charge in [0.2, 0.25) is 0 Å². The minimum Gasteiger partial charge on any atom is -0.444 e. The Kier molecular flexibility index (Phi) is 6.31. The maximum Gasteiger partial charge on any atom is 0.410 e. The monoisotopic (exact) mass is 430 g/mol. The summed E-state index contributed by atoms with van der Waals surface area (Å²) >= 11 is 2.33. The number of halogens is 1. The topological polar surface area (TPSA) is 32.8 Å². The van der Waals surface area contributed by atoms with Crippen LogP contribution in [0.4, 0.5) is 4.79 Å². The van der Waals surface area contributed by atoms with E-state index in [-0.39, 0.29) is 6.09 Å². The first-order chi connectivity index (χ1) is 10.7. The highest BCUT2D eigenvalue weighted by atomic mass is 127. The molecule has 0 saturated carbocycles. The third-order valence-corrected chi connectivity index (χ3v) is 4.74. The van der Waals surface area contributed by atoms with E-state index in [2.05, 4.69) is 58.7 Å². The van der Waals surface area contributed by atoms with Gasteiger partial charge in [-0.3, -0.25) is 4.90 Å². The Balaban J connectivity index is 1.82. The van der Waals surface area contributed by atoms with Crippen LogP contribution in [0, 0.1) is 3.57 Å². The van der Waals surface area contributed by atoms with Gasteiger partial charge in [0.1, 0.15) is 5.60 Å². The number of amides is 1. The van der Waals surface area contributed by atoms with Crippen LogP contribution in [0.5, 0.6) is 0 Å². The predicted octanol–water partition coefficient (Wildman–Crippen LogP) is 3.77. The molecule has 1 aromatic carbocycles. The fraction of sp³-hybridized carbons (Fsp3) is 0.611. The van der Waals surface area contributed by atoms with Crippen molar-refractivity contribution in [3.05, 3.63) is 33.4 Å². The SMILES string of the molecule is C[C@@H]1CN(C(=O)OC(C)(C)C)CCN1CCc1ccc(I)cc1. The van der Waals surface area contributed by atoms with Crippen molar-refractivity contribution >= 4 is 28.7 Å². The van der Waals surface area contributed by atoms with E-state index in [9.17, 15) is 4.79 Å². The molecule has 1 amide bonds. The summed E-state index contributed by atoms with van der Waals surface area (Å²) < 4.78 is 6.74. The Labute approximate surface area is 153 Å². The van der Waals surface area contributed by atoms with Gasteiger partial charge in [0.25, 0.3) is 0 Å². The second kappa shape index (κ2) is 7.83. The number of ether oxygens (including phenoxy) is 1. The van der Waals surface area contributed by atoms with Crippen molar-refractivity contribution in [2.45, 2.75) is 45.8 Å². The highest BCUT2D eigenvalue weighted by molar-refractivity contribution is 14.1. The van der Waals surface area contributed by atoms with Gasteiger partial charge in [0, 0.05) is 35.8 Å². The van der Waals surface area contributed by atoms with Gasteiger partial charge in [-0.15, -0.1) is 0 Å². The summed E-state index contributed by atoms with van der Waals surface area (Å²) in [6, 6.07) is 9.06. The number of carbonyl (C=O) groups excluding carboxylic acids is 1. The second-order valence-corrected chi connectivity index (χ2v) is 8.43. The lowest BCUT2D eigenvalue weighted by Crippen LogP contribution is -2.54. The number of carbonyl (C=O) groups is 1. The zero-order valence-electron chi connectivity index (χ0n) is 14.5. The van der Waals surface area contributed by atoms with Gasteiger partial charge < -0.3 is 9.64 Å². The molecular formula is C18H27IN2O2. The minimum atomic E-state index is -0.428. The number of hydrogen-bond acceptors (Lipinski definition) is 3. The minimum absolute atomic E-state index is 0.193. The van der Waals surface area contributed by atoms with Crippen molar-refractivity contribution in [1.82, 2.24) is 9.80 Å². The van der Waals surface area contributed by atoms with Gasteiger partial charge in [0.05, 0.1) is 0 Å². The molecule has 0 bridgehead atoms. The maximum atomic E-state index is 12.2. The fourth-order valence-corrected chi connectivity index (χ4v) is 3.10. The van der Waals surface area contributed by atoms with E-state index in [1.54, 1.807) is 0 Å². The number of nitrogens with zero attached hydrogens (tertiary/aromatic N) is 2. The molecule has 0 N–H and O–H groups in total. The highest BCUT2D eigenvalue weighted by Crippen LogP contribution is 2.16. The van der Waals surface area contributed by atoms with Crippen molar-refractivity contribution in [2.24, 2.45) is 0 Å². The quantitative estimate of drug-likeness (QED) is 0.685. The number of piperazine rings is 1. The van der Waals surface area contributed by atoms with Crippen LogP contribution in [0.25, 0.3) is 0 Å². The van der Waals surface area contributed by atoms with Crippen molar-refractivity contribution in [3.63, 3.8) is 0 Å². The van der Waals surface area contributed by atoms with E-state index < -0.39 is 5.60 Å². The van der Waals surface area contributed by atoms with Crippen LogP contribution in [0.2, 0.25) is 0 Å². The van der Waals surface area contributed by atoms with Crippen LogP contribution in [0.3, 0.4) is 0 Å². The third-order valence-electron chi connectivity index (χ3n) is 4.02. The van der Waals surface area contributed by atoms with Gasteiger partial charge in [0.15, 0.2) is 0 Å². The zero-order chi connectivity index (χ0) is 17.0. The largest absolute Gasteiger partial charge is 0.444 e. The molecule has 1 saturated heterocycles. The molecule has 0 unspecified atom stereocenters. The van der Waals surface area contributed by atoms with Crippen LogP contribution >= 0.6 is 22.6 Å². The van der Waals surface area contributed by atoms with Gasteiger partial charge >= 0.3 is 6.09 Å². The van der Waals surface area contributed by atoms with E-state index in [0.29, 0.717) is 6.04 Å². The average molecular weight is 430 g/mol. The molecule has 5 heteroatoms. The first kappa shape index (κ1) is 18.5. The van der Waals surface area contributed by atoms with Crippen LogP contribution in [0.1, 0.15) is 33.3 Å².